The third-order valence-electron chi connectivity index (χ3n) is 5.15. The van der Waals surface area contributed by atoms with E-state index >= 15 is 0 Å². The van der Waals surface area contributed by atoms with Crippen molar-refractivity contribution < 1.29 is 14.3 Å². The lowest BCUT2D eigenvalue weighted by molar-refractivity contribution is -0.130. The minimum Gasteiger partial charge on any atom is -0.483 e. The molecule has 0 atom stereocenters. The largest absolute Gasteiger partial charge is 0.483 e. The molecule has 0 aliphatic carbocycles. The lowest BCUT2D eigenvalue weighted by atomic mass is 10.0. The number of carbonyl (C=O) groups excluding carboxylic acids is 2. The average molecular weight is 396 g/mol. The summed E-state index contributed by atoms with van der Waals surface area (Å²) in [6.07, 6.45) is 1.83. The van der Waals surface area contributed by atoms with Crippen LogP contribution in [0.4, 0.5) is 0 Å². The minimum absolute atomic E-state index is 0.0881. The maximum Gasteiger partial charge on any atom is 0.259 e. The Balaban J connectivity index is 1.51. The highest BCUT2D eigenvalue weighted by molar-refractivity contribution is 5.97. The van der Waals surface area contributed by atoms with Gasteiger partial charge in [0.25, 0.3) is 11.8 Å². The van der Waals surface area contributed by atoms with Gasteiger partial charge in [-0.2, -0.15) is 0 Å². The molecular formula is C23H29N3O3. The van der Waals surface area contributed by atoms with Crippen molar-refractivity contribution >= 4 is 11.8 Å². The van der Waals surface area contributed by atoms with Gasteiger partial charge in [0.2, 0.25) is 0 Å². The third kappa shape index (κ3) is 6.06. The van der Waals surface area contributed by atoms with Crippen LogP contribution in [0.1, 0.15) is 28.8 Å². The summed E-state index contributed by atoms with van der Waals surface area (Å²) < 4.78 is 5.59. The number of nitrogens with one attached hydrogen (secondary N) is 1. The first-order valence-electron chi connectivity index (χ1n) is 10.0. The zero-order valence-electron chi connectivity index (χ0n) is 17.1. The maximum atomic E-state index is 12.8. The van der Waals surface area contributed by atoms with Crippen molar-refractivity contribution in [3.8, 4) is 5.75 Å². The number of likely N-dealkylation sites (N-methyl/N-ethyl adjacent to an activating group) is 1. The zero-order chi connectivity index (χ0) is 20.6. The van der Waals surface area contributed by atoms with E-state index in [-0.39, 0.29) is 24.5 Å². The number of hydrogen-bond donors (Lipinski definition) is 1. The third-order valence-corrected chi connectivity index (χ3v) is 5.15. The van der Waals surface area contributed by atoms with Gasteiger partial charge in [-0.3, -0.25) is 14.5 Å². The molecular weight excluding hydrogens is 366 g/mol. The van der Waals surface area contributed by atoms with Crippen molar-refractivity contribution in [2.75, 3.05) is 33.8 Å². The van der Waals surface area contributed by atoms with Crippen molar-refractivity contribution in [3.05, 3.63) is 65.7 Å². The van der Waals surface area contributed by atoms with Gasteiger partial charge < -0.3 is 15.0 Å². The van der Waals surface area contributed by atoms with Crippen LogP contribution < -0.4 is 10.1 Å². The fourth-order valence-electron chi connectivity index (χ4n) is 3.39. The summed E-state index contributed by atoms with van der Waals surface area (Å²) >= 11 is 0. The number of benzene rings is 2. The normalized spacial score (nSPS) is 15.0. The molecule has 0 unspecified atom stereocenters. The van der Waals surface area contributed by atoms with Crippen molar-refractivity contribution in [2.45, 2.75) is 25.4 Å². The molecule has 3 rings (SSSR count). The Kier molecular flexibility index (Phi) is 7.25. The van der Waals surface area contributed by atoms with Crippen LogP contribution in [0.15, 0.2) is 54.6 Å². The Labute approximate surface area is 172 Å². The molecule has 1 aliphatic rings. The van der Waals surface area contributed by atoms with Gasteiger partial charge in [0, 0.05) is 39.8 Å². The molecule has 1 heterocycles. The van der Waals surface area contributed by atoms with Crippen LogP contribution in [-0.4, -0.2) is 61.4 Å². The summed E-state index contributed by atoms with van der Waals surface area (Å²) in [5.41, 5.74) is 1.78. The zero-order valence-corrected chi connectivity index (χ0v) is 17.1. The van der Waals surface area contributed by atoms with Crippen LogP contribution in [0, 0.1) is 0 Å². The second-order valence-electron chi connectivity index (χ2n) is 7.58. The van der Waals surface area contributed by atoms with Crippen molar-refractivity contribution in [3.63, 3.8) is 0 Å². The number of amides is 2. The van der Waals surface area contributed by atoms with Crippen LogP contribution >= 0.6 is 0 Å². The molecule has 6 heteroatoms. The predicted octanol–water partition coefficient (Wildman–Crippen LogP) is 2.55. The number of nitrogens with zero attached hydrogens (tertiary/aromatic N) is 2. The van der Waals surface area contributed by atoms with Gasteiger partial charge >= 0.3 is 0 Å². The van der Waals surface area contributed by atoms with Crippen LogP contribution in [0.5, 0.6) is 5.75 Å². The standard InChI is InChI=1S/C23H29N3O3/c1-25(2)22(27)17-29-21-11-7-6-10-20(21)23(28)24-19-12-14-26(15-13-19)16-18-8-4-3-5-9-18/h3-11,19H,12-17H2,1-2H3,(H,24,28). The molecule has 1 aliphatic heterocycles. The molecule has 0 bridgehead atoms. The van der Waals surface area contributed by atoms with E-state index in [1.165, 1.54) is 10.5 Å². The average Bonchev–Trinajstić information content (AvgIpc) is 2.74. The quantitative estimate of drug-likeness (QED) is 0.783. The molecule has 0 spiro atoms. The van der Waals surface area contributed by atoms with Crippen molar-refractivity contribution in [1.82, 2.24) is 15.1 Å². The first-order valence-corrected chi connectivity index (χ1v) is 10.0. The van der Waals surface area contributed by atoms with E-state index in [1.807, 2.05) is 6.07 Å². The van der Waals surface area contributed by atoms with Crippen LogP contribution in [-0.2, 0) is 11.3 Å². The summed E-state index contributed by atoms with van der Waals surface area (Å²) in [6, 6.07) is 17.6. The summed E-state index contributed by atoms with van der Waals surface area (Å²) in [7, 11) is 3.35. The molecule has 154 valence electrons. The predicted molar refractivity (Wildman–Crippen MR) is 113 cm³/mol. The molecule has 2 amide bonds. The molecule has 1 N–H and O–H groups in total. The Bertz CT molecular complexity index is 815. The lowest BCUT2D eigenvalue weighted by Gasteiger charge is -2.32. The second-order valence-corrected chi connectivity index (χ2v) is 7.58. The Morgan fingerprint density at radius 1 is 1.03 bits per heavy atom. The van der Waals surface area contributed by atoms with E-state index in [2.05, 4.69) is 34.5 Å². The Morgan fingerprint density at radius 3 is 2.38 bits per heavy atom. The molecule has 29 heavy (non-hydrogen) atoms. The van der Waals surface area contributed by atoms with Crippen LogP contribution in [0.2, 0.25) is 0 Å². The van der Waals surface area contributed by atoms with Gasteiger partial charge in [-0.15, -0.1) is 0 Å². The number of hydrogen-bond acceptors (Lipinski definition) is 4. The second kappa shape index (κ2) is 10.1. The smallest absolute Gasteiger partial charge is 0.259 e. The molecule has 0 saturated carbocycles. The fourth-order valence-corrected chi connectivity index (χ4v) is 3.39. The number of likely N-dealkylation sites (tertiary alicyclic amines) is 1. The number of rotatable bonds is 7. The Morgan fingerprint density at radius 2 is 1.69 bits per heavy atom. The lowest BCUT2D eigenvalue weighted by Crippen LogP contribution is -2.44. The van der Waals surface area contributed by atoms with Gasteiger partial charge in [0.1, 0.15) is 5.75 Å². The number of piperidine rings is 1. The van der Waals surface area contributed by atoms with Gasteiger partial charge in [-0.05, 0) is 30.5 Å². The first kappa shape index (κ1) is 20.9. The molecule has 0 aromatic heterocycles. The van der Waals surface area contributed by atoms with Crippen LogP contribution in [0.3, 0.4) is 0 Å². The van der Waals surface area contributed by atoms with E-state index in [4.69, 9.17) is 4.74 Å². The van der Waals surface area contributed by atoms with Gasteiger partial charge in [0.05, 0.1) is 5.56 Å². The SMILES string of the molecule is CN(C)C(=O)COc1ccccc1C(=O)NC1CCN(Cc2ccccc2)CC1. The first-order chi connectivity index (χ1) is 14.0. The van der Waals surface area contributed by atoms with Crippen molar-refractivity contribution in [2.24, 2.45) is 0 Å². The number of ether oxygens (including phenoxy) is 1. The monoisotopic (exact) mass is 395 g/mol. The highest BCUT2D eigenvalue weighted by atomic mass is 16.5. The van der Waals surface area contributed by atoms with Gasteiger partial charge in [-0.1, -0.05) is 42.5 Å². The summed E-state index contributed by atoms with van der Waals surface area (Å²) in [5, 5.41) is 3.13. The number of carbonyl (C=O) groups is 2. The highest BCUT2D eigenvalue weighted by Crippen LogP contribution is 2.20. The fraction of sp³-hybridized carbons (Fsp3) is 0.391. The maximum absolute atomic E-state index is 12.8. The molecule has 1 saturated heterocycles. The Hall–Kier alpha value is -2.86. The van der Waals surface area contributed by atoms with Gasteiger partial charge in [0.15, 0.2) is 6.61 Å². The molecule has 0 radical (unpaired) electrons. The van der Waals surface area contributed by atoms with Crippen LogP contribution in [0.25, 0.3) is 0 Å². The van der Waals surface area contributed by atoms with E-state index in [9.17, 15) is 9.59 Å². The molecule has 2 aromatic rings. The summed E-state index contributed by atoms with van der Waals surface area (Å²) in [4.78, 5) is 28.4. The van der Waals surface area contributed by atoms with E-state index < -0.39 is 0 Å². The van der Waals surface area contributed by atoms with Gasteiger partial charge in [-0.25, -0.2) is 0 Å². The molecule has 1 fully saturated rings. The minimum atomic E-state index is -0.153. The summed E-state index contributed by atoms with van der Waals surface area (Å²) in [6.45, 7) is 2.76. The topological polar surface area (TPSA) is 61.9 Å². The molecule has 2 aromatic carbocycles. The summed E-state index contributed by atoms with van der Waals surface area (Å²) in [5.74, 6) is 0.132. The molecule has 6 nitrogen and oxygen atoms in total. The van der Waals surface area contributed by atoms with E-state index in [0.717, 1.165) is 32.5 Å². The highest BCUT2D eigenvalue weighted by Gasteiger charge is 2.22. The number of para-hydroxylation sites is 1. The van der Waals surface area contributed by atoms with E-state index in [0.29, 0.717) is 11.3 Å². The van der Waals surface area contributed by atoms with E-state index in [1.54, 1.807) is 38.4 Å². The van der Waals surface area contributed by atoms with Crippen molar-refractivity contribution in [1.29, 1.82) is 0 Å².